The van der Waals surface area contributed by atoms with Crippen LogP contribution < -0.4 is 14.9 Å². The highest BCUT2D eigenvalue weighted by Crippen LogP contribution is 2.21. The van der Waals surface area contributed by atoms with Gasteiger partial charge in [0.2, 0.25) is 0 Å². The summed E-state index contributed by atoms with van der Waals surface area (Å²) in [5.74, 6) is 1.37. The Morgan fingerprint density at radius 1 is 0.867 bits per heavy atom. The van der Waals surface area contributed by atoms with E-state index < -0.39 is 0 Å². The van der Waals surface area contributed by atoms with E-state index in [0.29, 0.717) is 24.5 Å². The molecule has 3 rings (SSSR count). The number of carbonyl (C=O) groups is 1. The molecule has 5 nitrogen and oxygen atoms in total. The number of hydrogen-bond donors (Lipinski definition) is 1. The second-order valence-corrected chi connectivity index (χ2v) is 6.85. The van der Waals surface area contributed by atoms with Crippen LogP contribution >= 0.6 is 0 Å². The Kier molecular flexibility index (Phi) is 7.61. The van der Waals surface area contributed by atoms with Crippen molar-refractivity contribution in [3.63, 3.8) is 0 Å². The highest BCUT2D eigenvalue weighted by molar-refractivity contribution is 5.95. The molecule has 30 heavy (non-hydrogen) atoms. The molecule has 0 radical (unpaired) electrons. The molecule has 1 amide bonds. The summed E-state index contributed by atoms with van der Waals surface area (Å²) in [5, 5.41) is 4.05. The lowest BCUT2D eigenvalue weighted by atomic mass is 10.1. The number of para-hydroxylation sites is 1. The summed E-state index contributed by atoms with van der Waals surface area (Å²) in [7, 11) is 0. The fourth-order valence-corrected chi connectivity index (χ4v) is 2.84. The first-order valence-electron chi connectivity index (χ1n) is 9.94. The van der Waals surface area contributed by atoms with E-state index in [-0.39, 0.29) is 5.91 Å². The van der Waals surface area contributed by atoms with Crippen LogP contribution in [0, 0.1) is 13.8 Å². The first-order chi connectivity index (χ1) is 14.6. The van der Waals surface area contributed by atoms with Crippen molar-refractivity contribution in [2.45, 2.75) is 20.3 Å². The summed E-state index contributed by atoms with van der Waals surface area (Å²) in [4.78, 5) is 12.1. The maximum Gasteiger partial charge on any atom is 0.271 e. The molecule has 0 fully saturated rings. The molecule has 0 spiro atoms. The van der Waals surface area contributed by atoms with Gasteiger partial charge in [-0.25, -0.2) is 5.43 Å². The molecule has 0 aliphatic heterocycles. The zero-order valence-corrected chi connectivity index (χ0v) is 17.3. The van der Waals surface area contributed by atoms with E-state index in [9.17, 15) is 4.79 Å². The van der Waals surface area contributed by atoms with Crippen LogP contribution in [0.5, 0.6) is 11.5 Å². The fraction of sp³-hybridized carbons (Fsp3) is 0.200. The summed E-state index contributed by atoms with van der Waals surface area (Å²) >= 11 is 0. The zero-order valence-electron chi connectivity index (χ0n) is 17.3. The van der Waals surface area contributed by atoms with E-state index >= 15 is 0 Å². The van der Waals surface area contributed by atoms with Gasteiger partial charge in [-0.15, -0.1) is 0 Å². The Labute approximate surface area is 177 Å². The zero-order chi connectivity index (χ0) is 21.2. The number of ether oxygens (including phenoxy) is 2. The standard InChI is InChI=1S/C25H26N2O3/c1-19-10-8-15-23(20(19)2)29-16-9-17-30-24-14-7-6-13-22(24)18-26-27-25(28)21-11-4-3-5-12-21/h3-8,10-15,18H,9,16-17H2,1-2H3,(H,27,28)/b26-18+. The van der Waals surface area contributed by atoms with Crippen LogP contribution in [0.25, 0.3) is 0 Å². The third kappa shape index (κ3) is 5.95. The molecular formula is C25H26N2O3. The van der Waals surface area contributed by atoms with Gasteiger partial charge in [-0.05, 0) is 55.3 Å². The van der Waals surface area contributed by atoms with E-state index in [1.165, 1.54) is 5.56 Å². The molecule has 0 aliphatic rings. The fourth-order valence-electron chi connectivity index (χ4n) is 2.84. The number of aryl methyl sites for hydroxylation is 1. The van der Waals surface area contributed by atoms with E-state index in [1.807, 2.05) is 54.6 Å². The van der Waals surface area contributed by atoms with Crippen LogP contribution in [0.15, 0.2) is 77.9 Å². The molecule has 0 bridgehead atoms. The van der Waals surface area contributed by atoms with Crippen LogP contribution in [0.2, 0.25) is 0 Å². The van der Waals surface area contributed by atoms with Crippen LogP contribution in [0.1, 0.15) is 33.5 Å². The van der Waals surface area contributed by atoms with Crippen LogP contribution in [0.4, 0.5) is 0 Å². The van der Waals surface area contributed by atoms with Crippen LogP contribution in [-0.4, -0.2) is 25.3 Å². The summed E-state index contributed by atoms with van der Waals surface area (Å²) in [6.07, 6.45) is 2.34. The molecule has 3 aromatic rings. The van der Waals surface area contributed by atoms with Crippen molar-refractivity contribution < 1.29 is 14.3 Å². The normalized spacial score (nSPS) is 10.7. The molecule has 0 atom stereocenters. The first kappa shape index (κ1) is 21.1. The number of carbonyl (C=O) groups excluding carboxylic acids is 1. The van der Waals surface area contributed by atoms with Gasteiger partial charge < -0.3 is 9.47 Å². The van der Waals surface area contributed by atoms with Crippen LogP contribution in [0.3, 0.4) is 0 Å². The van der Waals surface area contributed by atoms with Gasteiger partial charge in [-0.3, -0.25) is 4.79 Å². The van der Waals surface area contributed by atoms with Crippen molar-refractivity contribution in [3.8, 4) is 11.5 Å². The van der Waals surface area contributed by atoms with Gasteiger partial charge in [0.1, 0.15) is 11.5 Å². The molecule has 1 N–H and O–H groups in total. The summed E-state index contributed by atoms with van der Waals surface area (Å²) in [5.41, 5.74) is 6.27. The quantitative estimate of drug-likeness (QED) is 0.314. The average molecular weight is 402 g/mol. The maximum absolute atomic E-state index is 12.1. The molecule has 0 saturated carbocycles. The van der Waals surface area contributed by atoms with Gasteiger partial charge in [0.15, 0.2) is 0 Å². The Balaban J connectivity index is 1.48. The minimum Gasteiger partial charge on any atom is -0.493 e. The lowest BCUT2D eigenvalue weighted by molar-refractivity contribution is 0.0955. The third-order valence-electron chi connectivity index (χ3n) is 4.68. The van der Waals surface area contributed by atoms with Crippen molar-refractivity contribution in [1.29, 1.82) is 0 Å². The number of rotatable bonds is 9. The van der Waals surface area contributed by atoms with Gasteiger partial charge in [0.25, 0.3) is 5.91 Å². The lowest BCUT2D eigenvalue weighted by Crippen LogP contribution is -2.17. The van der Waals surface area contributed by atoms with E-state index in [2.05, 4.69) is 30.4 Å². The topological polar surface area (TPSA) is 59.9 Å². The molecular weight excluding hydrogens is 376 g/mol. The SMILES string of the molecule is Cc1cccc(OCCCOc2ccccc2/C=N/NC(=O)c2ccccc2)c1C. The highest BCUT2D eigenvalue weighted by Gasteiger charge is 2.04. The molecule has 0 aliphatic carbocycles. The summed E-state index contributed by atoms with van der Waals surface area (Å²) in [6, 6.07) is 22.6. The number of nitrogens with zero attached hydrogens (tertiary/aromatic N) is 1. The molecule has 0 aromatic heterocycles. The first-order valence-corrected chi connectivity index (χ1v) is 9.94. The predicted molar refractivity (Wildman–Crippen MR) is 119 cm³/mol. The van der Waals surface area contributed by atoms with Gasteiger partial charge in [-0.2, -0.15) is 5.10 Å². The molecule has 154 valence electrons. The number of amides is 1. The number of hydrogen-bond acceptors (Lipinski definition) is 4. The van der Waals surface area contributed by atoms with Crippen molar-refractivity contribution in [2.75, 3.05) is 13.2 Å². The smallest absolute Gasteiger partial charge is 0.271 e. The summed E-state index contributed by atoms with van der Waals surface area (Å²) < 4.78 is 11.8. The van der Waals surface area contributed by atoms with E-state index in [0.717, 1.165) is 23.3 Å². The molecule has 0 saturated heterocycles. The maximum atomic E-state index is 12.1. The lowest BCUT2D eigenvalue weighted by Gasteiger charge is -2.12. The van der Waals surface area contributed by atoms with E-state index in [1.54, 1.807) is 18.3 Å². The van der Waals surface area contributed by atoms with Crippen molar-refractivity contribution >= 4 is 12.1 Å². The second kappa shape index (κ2) is 10.8. The van der Waals surface area contributed by atoms with Gasteiger partial charge in [0, 0.05) is 17.5 Å². The van der Waals surface area contributed by atoms with Crippen molar-refractivity contribution in [1.82, 2.24) is 5.43 Å². The van der Waals surface area contributed by atoms with Crippen LogP contribution in [-0.2, 0) is 0 Å². The monoisotopic (exact) mass is 402 g/mol. The Morgan fingerprint density at radius 2 is 1.53 bits per heavy atom. The Bertz CT molecular complexity index is 1000. The van der Waals surface area contributed by atoms with Gasteiger partial charge in [0.05, 0.1) is 19.4 Å². The van der Waals surface area contributed by atoms with E-state index in [4.69, 9.17) is 9.47 Å². The van der Waals surface area contributed by atoms with Gasteiger partial charge >= 0.3 is 0 Å². The second-order valence-electron chi connectivity index (χ2n) is 6.85. The Morgan fingerprint density at radius 3 is 2.33 bits per heavy atom. The van der Waals surface area contributed by atoms with Gasteiger partial charge in [-0.1, -0.05) is 42.5 Å². The predicted octanol–water partition coefficient (Wildman–Crippen LogP) is 4.92. The molecule has 5 heteroatoms. The number of nitrogens with one attached hydrogen (secondary N) is 1. The molecule has 0 heterocycles. The number of hydrazone groups is 1. The Hall–Kier alpha value is -3.60. The minimum absolute atomic E-state index is 0.256. The van der Waals surface area contributed by atoms with Crippen molar-refractivity contribution in [2.24, 2.45) is 5.10 Å². The largest absolute Gasteiger partial charge is 0.493 e. The van der Waals surface area contributed by atoms with Crippen molar-refractivity contribution in [3.05, 3.63) is 95.1 Å². The minimum atomic E-state index is -0.256. The molecule has 3 aromatic carbocycles. The average Bonchev–Trinajstić information content (AvgIpc) is 2.78. The summed E-state index contributed by atoms with van der Waals surface area (Å²) in [6.45, 7) is 5.24. The molecule has 0 unspecified atom stereocenters. The highest BCUT2D eigenvalue weighted by atomic mass is 16.5. The number of benzene rings is 3. The third-order valence-corrected chi connectivity index (χ3v) is 4.68.